The second kappa shape index (κ2) is 6.96. The molecule has 1 N–H and O–H groups in total. The Morgan fingerprint density at radius 2 is 1.86 bits per heavy atom. The van der Waals surface area contributed by atoms with Gasteiger partial charge in [0, 0.05) is 18.5 Å². The first-order chi connectivity index (χ1) is 13.3. The molecule has 146 valence electrons. The molecular weight excluding hydrogens is 367 g/mol. The number of hydrogen-bond donors (Lipinski definition) is 1. The smallest absolute Gasteiger partial charge is 0.337 e. The van der Waals surface area contributed by atoms with Crippen molar-refractivity contribution >= 4 is 16.8 Å². The van der Waals surface area contributed by atoms with E-state index in [4.69, 9.17) is 0 Å². The van der Waals surface area contributed by atoms with E-state index < -0.39 is 11.7 Å². The second-order valence-electron chi connectivity index (χ2n) is 7.27. The average molecular weight is 387 g/mol. The van der Waals surface area contributed by atoms with Crippen molar-refractivity contribution in [2.24, 2.45) is 0 Å². The lowest BCUT2D eigenvalue weighted by atomic mass is 9.86. The van der Waals surface area contributed by atoms with Crippen LogP contribution in [0.5, 0.6) is 0 Å². The van der Waals surface area contributed by atoms with Crippen LogP contribution in [0.4, 0.5) is 13.2 Å². The topological polar surface area (TPSA) is 49.0 Å². The van der Waals surface area contributed by atoms with E-state index in [0.717, 1.165) is 22.5 Å². The van der Waals surface area contributed by atoms with Crippen LogP contribution in [0, 0.1) is 6.92 Å². The summed E-state index contributed by atoms with van der Waals surface area (Å²) in [6.07, 6.45) is -3.37. The van der Waals surface area contributed by atoms with Crippen LogP contribution < -0.4 is 0 Å². The number of alkyl halides is 3. The van der Waals surface area contributed by atoms with Gasteiger partial charge in [0.15, 0.2) is 5.69 Å². The van der Waals surface area contributed by atoms with Crippen LogP contribution in [0.1, 0.15) is 45.9 Å². The van der Waals surface area contributed by atoms with E-state index in [2.05, 4.69) is 10.2 Å². The van der Waals surface area contributed by atoms with Crippen LogP contribution in [0.2, 0.25) is 0 Å². The standard InChI is InChI=1S/C21H20F3N3O/c1-13-6-7-18-16(12-13)19(26-25-18)20(28)27-10-8-14(9-11-27)15-4-2-3-5-17(15)21(22,23)24/h2-7,12,14H,8-11H2,1H3,(H,25,26). The summed E-state index contributed by atoms with van der Waals surface area (Å²) < 4.78 is 39.9. The molecule has 1 aliphatic heterocycles. The SMILES string of the molecule is Cc1ccc2[nH]nc(C(=O)N3CCC(c4ccccc4C(F)(F)F)CC3)c2c1. The summed E-state index contributed by atoms with van der Waals surface area (Å²) in [4.78, 5) is 14.6. The number of carbonyl (C=O) groups excluding carboxylic acids is 1. The van der Waals surface area contributed by atoms with E-state index >= 15 is 0 Å². The summed E-state index contributed by atoms with van der Waals surface area (Å²) in [7, 11) is 0. The quantitative estimate of drug-likeness (QED) is 0.679. The zero-order chi connectivity index (χ0) is 19.9. The number of piperidine rings is 1. The Kier molecular flexibility index (Phi) is 4.61. The Labute approximate surface area is 160 Å². The number of H-pyrrole nitrogens is 1. The number of aromatic nitrogens is 2. The second-order valence-corrected chi connectivity index (χ2v) is 7.27. The predicted molar refractivity (Wildman–Crippen MR) is 100 cm³/mol. The number of nitrogens with zero attached hydrogens (tertiary/aromatic N) is 2. The van der Waals surface area contributed by atoms with Crippen LogP contribution in [0.25, 0.3) is 10.9 Å². The van der Waals surface area contributed by atoms with Gasteiger partial charge in [-0.1, -0.05) is 29.8 Å². The number of likely N-dealkylation sites (tertiary alicyclic amines) is 1. The summed E-state index contributed by atoms with van der Waals surface area (Å²) in [5.41, 5.74) is 1.94. The molecule has 7 heteroatoms. The maximum Gasteiger partial charge on any atom is 0.416 e. The summed E-state index contributed by atoms with van der Waals surface area (Å²) >= 11 is 0. The fourth-order valence-electron chi connectivity index (χ4n) is 3.95. The highest BCUT2D eigenvalue weighted by Gasteiger charge is 2.36. The number of amides is 1. The maximum atomic E-state index is 13.3. The number of benzene rings is 2. The molecule has 0 unspecified atom stereocenters. The van der Waals surface area contributed by atoms with Gasteiger partial charge in [-0.3, -0.25) is 9.89 Å². The molecule has 1 aliphatic rings. The largest absolute Gasteiger partial charge is 0.416 e. The van der Waals surface area contributed by atoms with Crippen molar-refractivity contribution in [3.8, 4) is 0 Å². The van der Waals surface area contributed by atoms with Crippen molar-refractivity contribution in [3.63, 3.8) is 0 Å². The van der Waals surface area contributed by atoms with Gasteiger partial charge in [0.25, 0.3) is 5.91 Å². The molecule has 0 spiro atoms. The fraction of sp³-hybridized carbons (Fsp3) is 0.333. The zero-order valence-electron chi connectivity index (χ0n) is 15.4. The highest BCUT2D eigenvalue weighted by atomic mass is 19.4. The minimum Gasteiger partial charge on any atom is -0.337 e. The molecule has 0 atom stereocenters. The molecule has 28 heavy (non-hydrogen) atoms. The number of aromatic amines is 1. The van der Waals surface area contributed by atoms with E-state index in [-0.39, 0.29) is 11.8 Å². The van der Waals surface area contributed by atoms with Gasteiger partial charge in [0.05, 0.1) is 11.1 Å². The summed E-state index contributed by atoms with van der Waals surface area (Å²) in [6, 6.07) is 11.5. The van der Waals surface area contributed by atoms with Gasteiger partial charge < -0.3 is 4.90 Å². The summed E-state index contributed by atoms with van der Waals surface area (Å²) in [6.45, 7) is 2.77. The van der Waals surface area contributed by atoms with Gasteiger partial charge in [-0.25, -0.2) is 0 Å². The number of aryl methyl sites for hydroxylation is 1. The molecule has 2 heterocycles. The lowest BCUT2D eigenvalue weighted by Gasteiger charge is -2.33. The molecule has 0 bridgehead atoms. The number of carbonyl (C=O) groups is 1. The molecule has 1 aromatic heterocycles. The average Bonchev–Trinajstić information content (AvgIpc) is 3.10. The predicted octanol–water partition coefficient (Wildman–Crippen LogP) is 4.91. The first-order valence-corrected chi connectivity index (χ1v) is 9.24. The molecule has 4 nitrogen and oxygen atoms in total. The van der Waals surface area contributed by atoms with Crippen molar-refractivity contribution in [3.05, 3.63) is 64.8 Å². The first-order valence-electron chi connectivity index (χ1n) is 9.24. The van der Waals surface area contributed by atoms with E-state index in [1.54, 1.807) is 17.0 Å². The highest BCUT2D eigenvalue weighted by molar-refractivity contribution is 6.04. The van der Waals surface area contributed by atoms with E-state index in [0.29, 0.717) is 37.2 Å². The van der Waals surface area contributed by atoms with Gasteiger partial charge in [-0.2, -0.15) is 18.3 Å². The van der Waals surface area contributed by atoms with Gasteiger partial charge in [0.1, 0.15) is 0 Å². The minimum absolute atomic E-state index is 0.181. The van der Waals surface area contributed by atoms with Gasteiger partial charge in [0.2, 0.25) is 0 Å². The van der Waals surface area contributed by atoms with Crippen LogP contribution in [0.3, 0.4) is 0 Å². The fourth-order valence-corrected chi connectivity index (χ4v) is 3.95. The third-order valence-electron chi connectivity index (χ3n) is 5.41. The molecule has 0 aliphatic carbocycles. The Morgan fingerprint density at radius 3 is 2.57 bits per heavy atom. The Bertz CT molecular complexity index is 1020. The normalized spacial score (nSPS) is 15.9. The minimum atomic E-state index is -4.37. The van der Waals surface area contributed by atoms with Crippen LogP contribution in [-0.2, 0) is 6.18 Å². The third-order valence-corrected chi connectivity index (χ3v) is 5.41. The van der Waals surface area contributed by atoms with E-state index in [1.807, 2.05) is 25.1 Å². The molecule has 0 saturated carbocycles. The van der Waals surface area contributed by atoms with E-state index in [1.165, 1.54) is 6.07 Å². The third kappa shape index (κ3) is 3.37. The van der Waals surface area contributed by atoms with Crippen molar-refractivity contribution in [2.45, 2.75) is 31.9 Å². The molecule has 2 aromatic carbocycles. The van der Waals surface area contributed by atoms with Crippen molar-refractivity contribution < 1.29 is 18.0 Å². The van der Waals surface area contributed by atoms with Crippen LogP contribution in [0.15, 0.2) is 42.5 Å². The molecule has 1 amide bonds. The maximum absolute atomic E-state index is 13.3. The van der Waals surface area contributed by atoms with Gasteiger partial charge >= 0.3 is 6.18 Å². The zero-order valence-corrected chi connectivity index (χ0v) is 15.4. The Hall–Kier alpha value is -2.83. The highest BCUT2D eigenvalue weighted by Crippen LogP contribution is 2.38. The van der Waals surface area contributed by atoms with Gasteiger partial charge in [-0.05, 0) is 49.4 Å². The molecule has 0 radical (unpaired) electrons. The summed E-state index contributed by atoms with van der Waals surface area (Å²) in [5.74, 6) is -0.389. The van der Waals surface area contributed by atoms with Crippen molar-refractivity contribution in [2.75, 3.05) is 13.1 Å². The lowest BCUT2D eigenvalue weighted by molar-refractivity contribution is -0.138. The molecule has 4 rings (SSSR count). The molecule has 1 saturated heterocycles. The van der Waals surface area contributed by atoms with Crippen molar-refractivity contribution in [1.82, 2.24) is 15.1 Å². The molecule has 1 fully saturated rings. The number of rotatable bonds is 2. The van der Waals surface area contributed by atoms with Crippen LogP contribution in [-0.4, -0.2) is 34.1 Å². The summed E-state index contributed by atoms with van der Waals surface area (Å²) in [5, 5.41) is 7.81. The lowest BCUT2D eigenvalue weighted by Crippen LogP contribution is -2.38. The Balaban J connectivity index is 1.52. The molecular formula is C21H20F3N3O. The number of halogens is 3. The number of nitrogens with one attached hydrogen (secondary N) is 1. The van der Waals surface area contributed by atoms with Gasteiger partial charge in [-0.15, -0.1) is 0 Å². The first kappa shape index (κ1) is 18.5. The monoisotopic (exact) mass is 387 g/mol. The number of hydrogen-bond acceptors (Lipinski definition) is 2. The number of fused-ring (bicyclic) bond motifs is 1. The Morgan fingerprint density at radius 1 is 1.14 bits per heavy atom. The van der Waals surface area contributed by atoms with E-state index in [9.17, 15) is 18.0 Å². The molecule has 3 aromatic rings. The van der Waals surface area contributed by atoms with Crippen LogP contribution >= 0.6 is 0 Å². The van der Waals surface area contributed by atoms with Crippen molar-refractivity contribution in [1.29, 1.82) is 0 Å².